The molecular weight excluding hydrogens is 226 g/mol. The summed E-state index contributed by atoms with van der Waals surface area (Å²) in [5, 5.41) is 41.3. The van der Waals surface area contributed by atoms with Crippen LogP contribution in [-0.4, -0.2) is 57.8 Å². The van der Waals surface area contributed by atoms with Gasteiger partial charge in [0, 0.05) is 12.0 Å². The Hall–Kier alpha value is -0.690. The molecule has 1 fully saturated rings. The third kappa shape index (κ3) is 2.44. The first-order valence-corrected chi connectivity index (χ1v) is 5.77. The van der Waals surface area contributed by atoms with E-state index >= 15 is 0 Å². The van der Waals surface area contributed by atoms with Gasteiger partial charge in [-0.25, -0.2) is 0 Å². The highest BCUT2D eigenvalue weighted by atomic mass is 16.4. The van der Waals surface area contributed by atoms with Crippen LogP contribution in [-0.2, 0) is 4.79 Å². The number of nitrogens with one attached hydrogen (secondary N) is 1. The molecule has 0 bridgehead atoms. The zero-order valence-electron chi connectivity index (χ0n) is 10.2. The number of aliphatic hydroxyl groups excluding tert-OH is 3. The van der Waals surface area contributed by atoms with Gasteiger partial charge in [0.15, 0.2) is 0 Å². The van der Waals surface area contributed by atoms with Gasteiger partial charge in [0.1, 0.15) is 12.0 Å². The van der Waals surface area contributed by atoms with Gasteiger partial charge in [0.05, 0.1) is 12.2 Å². The normalized spacial score (nSPS) is 42.8. The molecule has 1 aliphatic carbocycles. The van der Waals surface area contributed by atoms with Crippen LogP contribution >= 0.6 is 0 Å². The van der Waals surface area contributed by atoms with Crippen molar-refractivity contribution in [1.29, 1.82) is 0 Å². The molecule has 17 heavy (non-hydrogen) atoms. The molecule has 6 unspecified atom stereocenters. The van der Waals surface area contributed by atoms with Crippen LogP contribution in [0.3, 0.4) is 0 Å². The van der Waals surface area contributed by atoms with Crippen LogP contribution in [0.4, 0.5) is 0 Å². The zero-order chi connectivity index (χ0) is 13.3. The van der Waals surface area contributed by atoms with Crippen LogP contribution in [0.2, 0.25) is 0 Å². The van der Waals surface area contributed by atoms with Crippen LogP contribution in [0.25, 0.3) is 0 Å². The number of hydrogen-bond acceptors (Lipinski definition) is 5. The van der Waals surface area contributed by atoms with Crippen molar-refractivity contribution in [2.75, 3.05) is 7.05 Å². The Bertz CT molecular complexity index is 283. The summed E-state index contributed by atoms with van der Waals surface area (Å²) in [7, 11) is 1.59. The minimum Gasteiger partial charge on any atom is -0.481 e. The molecule has 6 heteroatoms. The van der Waals surface area contributed by atoms with Gasteiger partial charge in [-0.3, -0.25) is 4.79 Å². The maximum Gasteiger partial charge on any atom is 0.310 e. The van der Waals surface area contributed by atoms with Gasteiger partial charge in [0.2, 0.25) is 0 Å². The minimum atomic E-state index is -1.46. The Kier molecular flexibility index (Phi) is 4.48. The summed E-state index contributed by atoms with van der Waals surface area (Å²) in [5.74, 6) is -2.72. The van der Waals surface area contributed by atoms with Crippen LogP contribution in [0.5, 0.6) is 0 Å². The summed E-state index contributed by atoms with van der Waals surface area (Å²) in [6.07, 6.45) is -4.01. The predicted octanol–water partition coefficient (Wildman–Crippen LogP) is -1.36. The standard InChI is InChI=1S/C11H21NO5/c1-4(2)5-7(12-3)6(11(16)17)9(14)10(15)8(5)13/h4-10,12-15H,1-3H3,(H,16,17). The second-order valence-electron chi connectivity index (χ2n) is 4.97. The van der Waals surface area contributed by atoms with E-state index in [1.807, 2.05) is 13.8 Å². The largest absolute Gasteiger partial charge is 0.481 e. The molecule has 0 saturated heterocycles. The maximum absolute atomic E-state index is 11.2. The molecule has 0 spiro atoms. The highest BCUT2D eigenvalue weighted by molar-refractivity contribution is 5.72. The predicted molar refractivity (Wildman–Crippen MR) is 60.3 cm³/mol. The summed E-state index contributed by atoms with van der Waals surface area (Å²) in [6.45, 7) is 3.70. The fraction of sp³-hybridized carbons (Fsp3) is 0.909. The second-order valence-corrected chi connectivity index (χ2v) is 4.97. The van der Waals surface area contributed by atoms with Crippen LogP contribution < -0.4 is 5.32 Å². The summed E-state index contributed by atoms with van der Waals surface area (Å²) >= 11 is 0. The summed E-state index contributed by atoms with van der Waals surface area (Å²) < 4.78 is 0. The van der Waals surface area contributed by atoms with Crippen molar-refractivity contribution in [1.82, 2.24) is 5.32 Å². The number of aliphatic carboxylic acids is 1. The van der Waals surface area contributed by atoms with E-state index in [1.165, 1.54) is 0 Å². The van der Waals surface area contributed by atoms with E-state index < -0.39 is 42.2 Å². The van der Waals surface area contributed by atoms with E-state index in [4.69, 9.17) is 5.11 Å². The monoisotopic (exact) mass is 247 g/mol. The minimum absolute atomic E-state index is 0.00792. The molecule has 0 aromatic heterocycles. The number of carboxylic acid groups (broad SMARTS) is 1. The highest BCUT2D eigenvalue weighted by Gasteiger charge is 2.52. The molecule has 6 nitrogen and oxygen atoms in total. The fourth-order valence-corrected chi connectivity index (χ4v) is 2.79. The number of carboxylic acids is 1. The van der Waals surface area contributed by atoms with E-state index in [0.29, 0.717) is 0 Å². The van der Waals surface area contributed by atoms with Crippen molar-refractivity contribution in [2.24, 2.45) is 17.8 Å². The van der Waals surface area contributed by atoms with Crippen LogP contribution in [0.15, 0.2) is 0 Å². The first-order chi connectivity index (χ1) is 7.82. The van der Waals surface area contributed by atoms with Crippen molar-refractivity contribution in [3.8, 4) is 0 Å². The molecule has 5 N–H and O–H groups in total. The lowest BCUT2D eigenvalue weighted by atomic mass is 9.68. The van der Waals surface area contributed by atoms with Gasteiger partial charge in [-0.2, -0.15) is 0 Å². The molecule has 0 amide bonds. The maximum atomic E-state index is 11.2. The van der Waals surface area contributed by atoms with Gasteiger partial charge in [-0.1, -0.05) is 13.8 Å². The van der Waals surface area contributed by atoms with Crippen LogP contribution in [0.1, 0.15) is 13.8 Å². The van der Waals surface area contributed by atoms with Crippen LogP contribution in [0, 0.1) is 17.8 Å². The van der Waals surface area contributed by atoms with E-state index in [9.17, 15) is 20.1 Å². The first-order valence-electron chi connectivity index (χ1n) is 5.77. The molecule has 1 aliphatic rings. The summed E-state index contributed by atoms with van der Waals surface area (Å²) in [6, 6.07) is -0.569. The number of hydrogen-bond donors (Lipinski definition) is 5. The van der Waals surface area contributed by atoms with Crippen molar-refractivity contribution in [2.45, 2.75) is 38.2 Å². The van der Waals surface area contributed by atoms with E-state index in [1.54, 1.807) is 7.05 Å². The quantitative estimate of drug-likeness (QED) is 0.421. The number of rotatable bonds is 3. The molecule has 0 aromatic rings. The average Bonchev–Trinajstić information content (AvgIpc) is 2.23. The molecular formula is C11H21NO5. The molecule has 0 aliphatic heterocycles. The first kappa shape index (κ1) is 14.4. The van der Waals surface area contributed by atoms with Crippen molar-refractivity contribution in [3.05, 3.63) is 0 Å². The lowest BCUT2D eigenvalue weighted by Crippen LogP contribution is -2.64. The molecule has 0 aromatic carbocycles. The van der Waals surface area contributed by atoms with E-state index in [0.717, 1.165) is 0 Å². The van der Waals surface area contributed by atoms with E-state index in [-0.39, 0.29) is 5.92 Å². The third-order valence-corrected chi connectivity index (χ3v) is 3.65. The van der Waals surface area contributed by atoms with Gasteiger partial charge in [-0.05, 0) is 13.0 Å². The third-order valence-electron chi connectivity index (χ3n) is 3.65. The van der Waals surface area contributed by atoms with E-state index in [2.05, 4.69) is 5.32 Å². The lowest BCUT2D eigenvalue weighted by Gasteiger charge is -2.46. The Morgan fingerprint density at radius 1 is 1.12 bits per heavy atom. The van der Waals surface area contributed by atoms with Gasteiger partial charge in [0.25, 0.3) is 0 Å². The smallest absolute Gasteiger partial charge is 0.310 e. The Balaban J connectivity index is 3.10. The zero-order valence-corrected chi connectivity index (χ0v) is 10.2. The van der Waals surface area contributed by atoms with Gasteiger partial charge >= 0.3 is 5.97 Å². The van der Waals surface area contributed by atoms with Gasteiger partial charge in [-0.15, -0.1) is 0 Å². The molecule has 0 radical (unpaired) electrons. The molecule has 0 heterocycles. The highest BCUT2D eigenvalue weighted by Crippen LogP contribution is 2.35. The average molecular weight is 247 g/mol. The Morgan fingerprint density at radius 3 is 2.00 bits per heavy atom. The lowest BCUT2D eigenvalue weighted by molar-refractivity contribution is -0.178. The molecule has 6 atom stereocenters. The Morgan fingerprint density at radius 2 is 1.65 bits per heavy atom. The molecule has 100 valence electrons. The topological polar surface area (TPSA) is 110 Å². The van der Waals surface area contributed by atoms with Crippen molar-refractivity contribution < 1.29 is 25.2 Å². The summed E-state index contributed by atoms with van der Waals surface area (Å²) in [4.78, 5) is 11.2. The number of carbonyl (C=O) groups is 1. The summed E-state index contributed by atoms with van der Waals surface area (Å²) in [5.41, 5.74) is 0. The second kappa shape index (κ2) is 5.30. The SMILES string of the molecule is CNC1C(C(=O)O)C(O)C(O)C(O)C1C(C)C. The Labute approximate surface area is 100 Å². The van der Waals surface area contributed by atoms with Gasteiger partial charge < -0.3 is 25.7 Å². The van der Waals surface area contributed by atoms with Crippen molar-refractivity contribution >= 4 is 5.97 Å². The van der Waals surface area contributed by atoms with Crippen molar-refractivity contribution in [3.63, 3.8) is 0 Å². The number of aliphatic hydroxyl groups is 3. The molecule has 1 rings (SSSR count). The fourth-order valence-electron chi connectivity index (χ4n) is 2.79. The molecule has 1 saturated carbocycles.